The molecule has 94 valence electrons. The summed E-state index contributed by atoms with van der Waals surface area (Å²) < 4.78 is 0. The van der Waals surface area contributed by atoms with E-state index in [9.17, 15) is 0 Å². The standard InChI is InChI=1S/C15H19N3/c1-11-3-5-13(6-4-11)18-15(9-16)14-10-17-8-7-12(14)2/h3-8,10,15,18H,9,16H2,1-2H3. The van der Waals surface area contributed by atoms with Crippen LogP contribution in [-0.2, 0) is 0 Å². The van der Waals surface area contributed by atoms with Gasteiger partial charge in [0.15, 0.2) is 0 Å². The molecule has 3 N–H and O–H groups in total. The van der Waals surface area contributed by atoms with Crippen molar-refractivity contribution in [2.24, 2.45) is 5.73 Å². The van der Waals surface area contributed by atoms with E-state index in [2.05, 4.69) is 48.4 Å². The molecular weight excluding hydrogens is 222 g/mol. The fraction of sp³-hybridized carbons (Fsp3) is 0.267. The van der Waals surface area contributed by atoms with E-state index in [1.807, 2.05) is 12.3 Å². The minimum Gasteiger partial charge on any atom is -0.377 e. The van der Waals surface area contributed by atoms with Crippen molar-refractivity contribution in [1.29, 1.82) is 0 Å². The van der Waals surface area contributed by atoms with Crippen LogP contribution in [0.2, 0.25) is 0 Å². The van der Waals surface area contributed by atoms with E-state index < -0.39 is 0 Å². The van der Waals surface area contributed by atoms with Crippen molar-refractivity contribution in [2.75, 3.05) is 11.9 Å². The molecule has 0 fully saturated rings. The van der Waals surface area contributed by atoms with Crippen molar-refractivity contribution in [3.05, 3.63) is 59.4 Å². The molecule has 1 heterocycles. The molecule has 2 rings (SSSR count). The van der Waals surface area contributed by atoms with Crippen LogP contribution in [0.15, 0.2) is 42.7 Å². The smallest absolute Gasteiger partial charge is 0.0653 e. The molecular formula is C15H19N3. The van der Waals surface area contributed by atoms with E-state index in [4.69, 9.17) is 5.73 Å². The lowest BCUT2D eigenvalue weighted by Gasteiger charge is -2.20. The number of benzene rings is 1. The molecule has 3 heteroatoms. The third kappa shape index (κ3) is 2.87. The third-order valence-electron chi connectivity index (χ3n) is 3.08. The molecule has 2 aromatic rings. The summed E-state index contributed by atoms with van der Waals surface area (Å²) >= 11 is 0. The minimum absolute atomic E-state index is 0.0985. The fourth-order valence-corrected chi connectivity index (χ4v) is 1.96. The van der Waals surface area contributed by atoms with Crippen molar-refractivity contribution in [3.63, 3.8) is 0 Å². The number of aromatic nitrogens is 1. The van der Waals surface area contributed by atoms with Crippen molar-refractivity contribution in [1.82, 2.24) is 4.98 Å². The summed E-state index contributed by atoms with van der Waals surface area (Å²) in [5.41, 5.74) is 10.6. The monoisotopic (exact) mass is 241 g/mol. The van der Waals surface area contributed by atoms with Gasteiger partial charge < -0.3 is 11.1 Å². The van der Waals surface area contributed by atoms with Crippen LogP contribution in [0.4, 0.5) is 5.69 Å². The van der Waals surface area contributed by atoms with Gasteiger partial charge in [0, 0.05) is 24.6 Å². The first-order valence-electron chi connectivity index (χ1n) is 6.14. The van der Waals surface area contributed by atoms with Crippen molar-refractivity contribution < 1.29 is 0 Å². The topological polar surface area (TPSA) is 50.9 Å². The number of hydrogen-bond acceptors (Lipinski definition) is 3. The number of hydrogen-bond donors (Lipinski definition) is 2. The Morgan fingerprint density at radius 2 is 1.89 bits per heavy atom. The Labute approximate surface area is 108 Å². The van der Waals surface area contributed by atoms with E-state index >= 15 is 0 Å². The maximum Gasteiger partial charge on any atom is 0.0653 e. The lowest BCUT2D eigenvalue weighted by molar-refractivity contribution is 0.778. The van der Waals surface area contributed by atoms with Gasteiger partial charge in [0.1, 0.15) is 0 Å². The highest BCUT2D eigenvalue weighted by atomic mass is 14.9. The third-order valence-corrected chi connectivity index (χ3v) is 3.08. The number of rotatable bonds is 4. The normalized spacial score (nSPS) is 12.2. The second kappa shape index (κ2) is 5.65. The first-order valence-corrected chi connectivity index (χ1v) is 6.14. The Balaban J connectivity index is 2.20. The second-order valence-corrected chi connectivity index (χ2v) is 4.53. The van der Waals surface area contributed by atoms with Gasteiger partial charge >= 0.3 is 0 Å². The minimum atomic E-state index is 0.0985. The van der Waals surface area contributed by atoms with Crippen LogP contribution in [0, 0.1) is 13.8 Å². The van der Waals surface area contributed by atoms with Crippen LogP contribution in [-0.4, -0.2) is 11.5 Å². The van der Waals surface area contributed by atoms with Crippen molar-refractivity contribution in [3.8, 4) is 0 Å². The highest BCUT2D eigenvalue weighted by Gasteiger charge is 2.11. The van der Waals surface area contributed by atoms with Gasteiger partial charge in [0.05, 0.1) is 6.04 Å². The average molecular weight is 241 g/mol. The lowest BCUT2D eigenvalue weighted by Crippen LogP contribution is -2.21. The van der Waals surface area contributed by atoms with Gasteiger partial charge in [-0.15, -0.1) is 0 Å². The summed E-state index contributed by atoms with van der Waals surface area (Å²) in [5.74, 6) is 0. The van der Waals surface area contributed by atoms with Crippen molar-refractivity contribution >= 4 is 5.69 Å². The summed E-state index contributed by atoms with van der Waals surface area (Å²) in [6, 6.07) is 10.4. The number of pyridine rings is 1. The molecule has 0 saturated carbocycles. The maximum atomic E-state index is 5.86. The van der Waals surface area contributed by atoms with Crippen LogP contribution in [0.25, 0.3) is 0 Å². The molecule has 1 unspecified atom stereocenters. The number of nitrogens with zero attached hydrogens (tertiary/aromatic N) is 1. The molecule has 0 bridgehead atoms. The molecule has 0 radical (unpaired) electrons. The quantitative estimate of drug-likeness (QED) is 0.865. The Morgan fingerprint density at radius 1 is 1.17 bits per heavy atom. The van der Waals surface area contributed by atoms with Crippen molar-refractivity contribution in [2.45, 2.75) is 19.9 Å². The summed E-state index contributed by atoms with van der Waals surface area (Å²) in [7, 11) is 0. The highest BCUT2D eigenvalue weighted by molar-refractivity contribution is 5.47. The predicted molar refractivity (Wildman–Crippen MR) is 75.6 cm³/mol. The van der Waals surface area contributed by atoms with E-state index in [-0.39, 0.29) is 6.04 Å². The molecule has 0 aliphatic rings. The highest BCUT2D eigenvalue weighted by Crippen LogP contribution is 2.21. The van der Waals surface area contributed by atoms with E-state index in [1.165, 1.54) is 11.1 Å². The Bertz CT molecular complexity index is 505. The number of nitrogens with one attached hydrogen (secondary N) is 1. The first kappa shape index (κ1) is 12.6. The van der Waals surface area contributed by atoms with Gasteiger partial charge in [-0.1, -0.05) is 17.7 Å². The lowest BCUT2D eigenvalue weighted by atomic mass is 10.0. The summed E-state index contributed by atoms with van der Waals surface area (Å²) in [6.07, 6.45) is 3.69. The molecule has 0 aliphatic carbocycles. The van der Waals surface area contributed by atoms with Gasteiger partial charge in [-0.2, -0.15) is 0 Å². The Morgan fingerprint density at radius 3 is 2.50 bits per heavy atom. The van der Waals surface area contributed by atoms with Crippen LogP contribution >= 0.6 is 0 Å². The zero-order valence-electron chi connectivity index (χ0n) is 10.9. The first-order chi connectivity index (χ1) is 8.70. The summed E-state index contributed by atoms with van der Waals surface area (Å²) in [6.45, 7) is 4.70. The Hall–Kier alpha value is -1.87. The van der Waals surface area contributed by atoms with Crippen LogP contribution in [0.1, 0.15) is 22.7 Å². The maximum absolute atomic E-state index is 5.86. The second-order valence-electron chi connectivity index (χ2n) is 4.53. The predicted octanol–water partition coefficient (Wildman–Crippen LogP) is 2.81. The summed E-state index contributed by atoms with van der Waals surface area (Å²) in [5, 5.41) is 3.45. The zero-order chi connectivity index (χ0) is 13.0. The molecule has 1 atom stereocenters. The van der Waals surface area contributed by atoms with Crippen LogP contribution < -0.4 is 11.1 Å². The molecule has 0 aliphatic heterocycles. The molecule has 0 spiro atoms. The molecule has 3 nitrogen and oxygen atoms in total. The van der Waals surface area contributed by atoms with Crippen LogP contribution in [0.3, 0.4) is 0 Å². The van der Waals surface area contributed by atoms with Gasteiger partial charge in [-0.05, 0) is 43.2 Å². The SMILES string of the molecule is Cc1ccc(NC(CN)c2cnccc2C)cc1. The summed E-state index contributed by atoms with van der Waals surface area (Å²) in [4.78, 5) is 4.17. The number of nitrogens with two attached hydrogens (primary N) is 1. The number of anilines is 1. The fourth-order valence-electron chi connectivity index (χ4n) is 1.96. The molecule has 1 aromatic carbocycles. The molecule has 0 amide bonds. The molecule has 18 heavy (non-hydrogen) atoms. The largest absolute Gasteiger partial charge is 0.377 e. The Kier molecular flexibility index (Phi) is 3.95. The molecule has 0 saturated heterocycles. The van der Waals surface area contributed by atoms with Gasteiger partial charge in [-0.3, -0.25) is 4.98 Å². The van der Waals surface area contributed by atoms with Gasteiger partial charge in [0.25, 0.3) is 0 Å². The zero-order valence-corrected chi connectivity index (χ0v) is 10.9. The van der Waals surface area contributed by atoms with E-state index in [1.54, 1.807) is 6.20 Å². The number of aryl methyl sites for hydroxylation is 2. The van der Waals surface area contributed by atoms with Gasteiger partial charge in [-0.25, -0.2) is 0 Å². The van der Waals surface area contributed by atoms with E-state index in [0.29, 0.717) is 6.54 Å². The van der Waals surface area contributed by atoms with Gasteiger partial charge in [0.2, 0.25) is 0 Å². The molecule has 1 aromatic heterocycles. The van der Waals surface area contributed by atoms with E-state index in [0.717, 1.165) is 11.3 Å². The average Bonchev–Trinajstić information content (AvgIpc) is 2.39. The van der Waals surface area contributed by atoms with Crippen LogP contribution in [0.5, 0.6) is 0 Å².